The highest BCUT2D eigenvalue weighted by Gasteiger charge is 2.41. The molecule has 0 amide bonds. The Labute approximate surface area is 218 Å². The molecule has 204 valence electrons. The fourth-order valence-corrected chi connectivity index (χ4v) is 3.84. The maximum atomic E-state index is 14.9. The minimum Gasteiger partial charge on any atom is -0.488 e. The Bertz CT molecular complexity index is 1440. The van der Waals surface area contributed by atoms with Crippen LogP contribution in [0.2, 0.25) is 0 Å². The van der Waals surface area contributed by atoms with Gasteiger partial charge in [-0.1, -0.05) is 42.0 Å². The average Bonchev–Trinajstić information content (AvgIpc) is 2.85. The number of halogens is 8. The molecule has 0 aliphatic heterocycles. The molecule has 0 atom stereocenters. The number of benzene rings is 4. The van der Waals surface area contributed by atoms with Crippen molar-refractivity contribution in [1.82, 2.24) is 0 Å². The van der Waals surface area contributed by atoms with E-state index in [9.17, 15) is 35.1 Å². The molecule has 0 unspecified atom stereocenters. The first-order valence-corrected chi connectivity index (χ1v) is 11.6. The second-order valence-electron chi connectivity index (χ2n) is 8.60. The molecule has 0 saturated heterocycles. The van der Waals surface area contributed by atoms with Crippen molar-refractivity contribution < 1.29 is 44.6 Å². The van der Waals surface area contributed by atoms with Crippen molar-refractivity contribution in [3.63, 3.8) is 0 Å². The number of aryl methyl sites for hydroxylation is 1. The molecule has 0 heterocycles. The maximum absolute atomic E-state index is 14.9. The number of alkyl halides is 3. The lowest BCUT2D eigenvalue weighted by Gasteiger charge is -2.20. The van der Waals surface area contributed by atoms with Crippen LogP contribution in [0.25, 0.3) is 22.3 Å². The van der Waals surface area contributed by atoms with Gasteiger partial charge in [-0.05, 0) is 41.8 Å². The van der Waals surface area contributed by atoms with Gasteiger partial charge < -0.3 is 9.47 Å². The van der Waals surface area contributed by atoms with Crippen LogP contribution >= 0.6 is 0 Å². The van der Waals surface area contributed by atoms with Crippen molar-refractivity contribution in [2.45, 2.75) is 19.5 Å². The standard InChI is InChI=1S/C29H20F8O2/c1-16-3-5-17(6-4-16)18-7-8-21(22(31)11-18)19-12-23(32)27(24(33)13-19)29(36,37)39-20-14-25(34)28(26(35)15-20)38-10-2-9-30/h3-8,11-15H,2,9-10H2,1H3. The molecule has 4 aromatic carbocycles. The van der Waals surface area contributed by atoms with Gasteiger partial charge in [-0.25, -0.2) is 22.0 Å². The predicted octanol–water partition coefficient (Wildman–Crippen LogP) is 8.89. The van der Waals surface area contributed by atoms with Crippen molar-refractivity contribution in [1.29, 1.82) is 0 Å². The summed E-state index contributed by atoms with van der Waals surface area (Å²) in [6, 6.07) is 12.8. The van der Waals surface area contributed by atoms with Gasteiger partial charge in [-0.3, -0.25) is 4.39 Å². The van der Waals surface area contributed by atoms with E-state index in [1.54, 1.807) is 12.1 Å². The summed E-state index contributed by atoms with van der Waals surface area (Å²) in [5.74, 6) is -9.32. The quantitative estimate of drug-likeness (QED) is 0.153. The molecule has 0 spiro atoms. The normalized spacial score (nSPS) is 11.5. The SMILES string of the molecule is Cc1ccc(-c2ccc(-c3cc(F)c(C(F)(F)Oc4cc(F)c(OCCCF)c(F)c4)c(F)c3)c(F)c2)cc1. The van der Waals surface area contributed by atoms with Gasteiger partial charge in [0.2, 0.25) is 0 Å². The first kappa shape index (κ1) is 27.9. The van der Waals surface area contributed by atoms with Gasteiger partial charge in [0.1, 0.15) is 28.8 Å². The second-order valence-corrected chi connectivity index (χ2v) is 8.60. The first-order valence-electron chi connectivity index (χ1n) is 11.6. The van der Waals surface area contributed by atoms with Gasteiger partial charge in [-0.2, -0.15) is 8.78 Å². The van der Waals surface area contributed by atoms with Gasteiger partial charge in [0.05, 0.1) is 13.3 Å². The molecule has 0 aliphatic carbocycles. The highest BCUT2D eigenvalue weighted by Crippen LogP contribution is 2.39. The number of rotatable bonds is 9. The molecule has 39 heavy (non-hydrogen) atoms. The third-order valence-electron chi connectivity index (χ3n) is 5.74. The molecule has 4 aromatic rings. The van der Waals surface area contributed by atoms with Gasteiger partial charge >= 0.3 is 6.11 Å². The van der Waals surface area contributed by atoms with E-state index < -0.39 is 58.9 Å². The molecule has 0 fully saturated rings. The Kier molecular flexibility index (Phi) is 8.13. The van der Waals surface area contributed by atoms with Gasteiger partial charge in [0, 0.05) is 24.1 Å². The lowest BCUT2D eigenvalue weighted by molar-refractivity contribution is -0.189. The second kappa shape index (κ2) is 11.3. The van der Waals surface area contributed by atoms with Crippen molar-refractivity contribution in [2.24, 2.45) is 0 Å². The summed E-state index contributed by atoms with van der Waals surface area (Å²) < 4.78 is 123. The predicted molar refractivity (Wildman–Crippen MR) is 129 cm³/mol. The van der Waals surface area contributed by atoms with E-state index in [2.05, 4.69) is 4.74 Å². The van der Waals surface area contributed by atoms with Crippen LogP contribution in [0.15, 0.2) is 66.7 Å². The zero-order chi connectivity index (χ0) is 28.3. The molecule has 0 N–H and O–H groups in total. The Morgan fingerprint density at radius 2 is 1.23 bits per heavy atom. The lowest BCUT2D eigenvalue weighted by Crippen LogP contribution is -2.25. The summed E-state index contributed by atoms with van der Waals surface area (Å²) in [5, 5.41) is 0. The van der Waals surface area contributed by atoms with Crippen LogP contribution in [0.5, 0.6) is 11.5 Å². The zero-order valence-electron chi connectivity index (χ0n) is 20.3. The van der Waals surface area contributed by atoms with Crippen LogP contribution in [0, 0.1) is 36.0 Å². The Morgan fingerprint density at radius 1 is 0.667 bits per heavy atom. The van der Waals surface area contributed by atoms with Crippen LogP contribution in [0.4, 0.5) is 35.1 Å². The summed E-state index contributed by atoms with van der Waals surface area (Å²) >= 11 is 0. The number of ether oxygens (including phenoxy) is 2. The van der Waals surface area contributed by atoms with Crippen LogP contribution in [-0.2, 0) is 6.11 Å². The minimum absolute atomic E-state index is 0.162. The van der Waals surface area contributed by atoms with Crippen molar-refractivity contribution >= 4 is 0 Å². The smallest absolute Gasteiger partial charge is 0.432 e. The monoisotopic (exact) mass is 552 g/mol. The summed E-state index contributed by atoms with van der Waals surface area (Å²) in [6.07, 6.45) is -4.87. The van der Waals surface area contributed by atoms with E-state index in [4.69, 9.17) is 4.74 Å². The molecular weight excluding hydrogens is 532 g/mol. The topological polar surface area (TPSA) is 18.5 Å². The minimum atomic E-state index is -4.71. The van der Waals surface area contributed by atoms with Crippen LogP contribution in [-0.4, -0.2) is 13.3 Å². The summed E-state index contributed by atoms with van der Waals surface area (Å²) in [6.45, 7) is 0.700. The molecule has 4 rings (SSSR count). The van der Waals surface area contributed by atoms with Crippen molar-refractivity contribution in [3.8, 4) is 33.8 Å². The van der Waals surface area contributed by atoms with E-state index in [0.29, 0.717) is 35.4 Å². The van der Waals surface area contributed by atoms with Crippen LogP contribution in [0.3, 0.4) is 0 Å². The number of hydrogen-bond acceptors (Lipinski definition) is 2. The fraction of sp³-hybridized carbons (Fsp3) is 0.172. The Balaban J connectivity index is 1.60. The summed E-state index contributed by atoms with van der Waals surface area (Å²) in [5.41, 5.74) is -0.257. The zero-order valence-corrected chi connectivity index (χ0v) is 20.3. The molecular formula is C29H20F8O2. The molecule has 0 aliphatic rings. The largest absolute Gasteiger partial charge is 0.488 e. The molecule has 0 saturated carbocycles. The van der Waals surface area contributed by atoms with Gasteiger partial charge in [-0.15, -0.1) is 0 Å². The van der Waals surface area contributed by atoms with E-state index in [-0.39, 0.29) is 24.2 Å². The van der Waals surface area contributed by atoms with Crippen molar-refractivity contribution in [3.05, 3.63) is 107 Å². The molecule has 2 nitrogen and oxygen atoms in total. The molecule has 0 bridgehead atoms. The van der Waals surface area contributed by atoms with Gasteiger partial charge in [0.15, 0.2) is 17.4 Å². The molecule has 10 heteroatoms. The number of hydrogen-bond donors (Lipinski definition) is 0. The van der Waals surface area contributed by atoms with Crippen LogP contribution in [0.1, 0.15) is 17.5 Å². The maximum Gasteiger partial charge on any atom is 0.432 e. The third kappa shape index (κ3) is 6.16. The lowest BCUT2D eigenvalue weighted by atomic mass is 9.98. The first-order chi connectivity index (χ1) is 18.5. The van der Waals surface area contributed by atoms with E-state index in [0.717, 1.165) is 11.6 Å². The Hall–Kier alpha value is -4.08. The van der Waals surface area contributed by atoms with E-state index in [1.165, 1.54) is 12.1 Å². The van der Waals surface area contributed by atoms with E-state index >= 15 is 0 Å². The summed E-state index contributed by atoms with van der Waals surface area (Å²) in [4.78, 5) is 0. The summed E-state index contributed by atoms with van der Waals surface area (Å²) in [7, 11) is 0. The highest BCUT2D eigenvalue weighted by molar-refractivity contribution is 5.71. The average molecular weight is 552 g/mol. The highest BCUT2D eigenvalue weighted by atomic mass is 19.3. The van der Waals surface area contributed by atoms with Crippen LogP contribution < -0.4 is 9.47 Å². The van der Waals surface area contributed by atoms with Gasteiger partial charge in [0.25, 0.3) is 0 Å². The van der Waals surface area contributed by atoms with E-state index in [1.807, 2.05) is 19.1 Å². The molecule has 0 aromatic heterocycles. The third-order valence-corrected chi connectivity index (χ3v) is 5.74. The molecule has 0 radical (unpaired) electrons. The fourth-order valence-electron chi connectivity index (χ4n) is 3.84. The van der Waals surface area contributed by atoms with Crippen molar-refractivity contribution in [2.75, 3.05) is 13.3 Å². The Morgan fingerprint density at radius 3 is 1.79 bits per heavy atom.